The molecule has 318 valence electrons. The van der Waals surface area contributed by atoms with Gasteiger partial charge < -0.3 is 17.0 Å². The molecule has 7 rings (SSSR count). The van der Waals surface area contributed by atoms with E-state index in [1.807, 2.05) is 48.5 Å². The molecule has 0 saturated heterocycles. The maximum Gasteiger partial charge on any atom is 1.00 e. The van der Waals surface area contributed by atoms with E-state index in [-0.39, 0.29) is 56.2 Å². The van der Waals surface area contributed by atoms with Crippen LogP contribution in [0.5, 0.6) is 11.5 Å². The van der Waals surface area contributed by atoms with Crippen LogP contribution in [0.15, 0.2) is 139 Å². The Hall–Kier alpha value is -5.38. The van der Waals surface area contributed by atoms with Gasteiger partial charge in [-0.05, 0) is 91.9 Å². The van der Waals surface area contributed by atoms with Crippen molar-refractivity contribution in [2.75, 3.05) is 18.9 Å². The molecule has 0 saturated carbocycles. The second-order valence-electron chi connectivity index (χ2n) is 11.3. The Morgan fingerprint density at radius 1 is 0.667 bits per heavy atom. The molecule has 60 heavy (non-hydrogen) atoms. The second-order valence-corrected chi connectivity index (χ2v) is 13.4. The van der Waals surface area contributed by atoms with Crippen LogP contribution >= 0.6 is 0 Å². The number of pyridine rings is 3. The molecule has 0 fully saturated rings. The van der Waals surface area contributed by atoms with Crippen molar-refractivity contribution in [2.45, 2.75) is 31.6 Å². The first kappa shape index (κ1) is 52.6. The van der Waals surface area contributed by atoms with Crippen molar-refractivity contribution in [3.8, 4) is 11.5 Å². The zero-order valence-electron chi connectivity index (χ0n) is 31.9. The molecule has 3 N–H and O–H groups in total. The van der Waals surface area contributed by atoms with E-state index in [0.717, 1.165) is 33.1 Å². The molecule has 7 aromatic rings. The molecule has 3 aromatic heterocycles. The number of aromatic hydroxyl groups is 1. The third-order valence-electron chi connectivity index (χ3n) is 6.99. The summed E-state index contributed by atoms with van der Waals surface area (Å²) < 4.78 is 128. The fourth-order valence-corrected chi connectivity index (χ4v) is 5.39. The molecule has 0 bridgehead atoms. The summed E-state index contributed by atoms with van der Waals surface area (Å²) in [5, 5.41) is 11.7. The van der Waals surface area contributed by atoms with E-state index in [1.165, 1.54) is 30.3 Å². The average Bonchev–Trinajstić information content (AvgIpc) is 3.17. The van der Waals surface area contributed by atoms with Crippen molar-refractivity contribution in [1.29, 1.82) is 0 Å². The van der Waals surface area contributed by atoms with Crippen LogP contribution in [0.2, 0.25) is 0 Å². The van der Waals surface area contributed by atoms with Crippen molar-refractivity contribution in [3.63, 3.8) is 0 Å². The summed E-state index contributed by atoms with van der Waals surface area (Å²) >= 11 is 0. The zero-order chi connectivity index (χ0) is 42.9. The normalized spacial score (nSPS) is 10.7. The molecular formula is C39H39F6N4NaO8S2. The van der Waals surface area contributed by atoms with Gasteiger partial charge in [0.2, 0.25) is 0 Å². The standard InChI is InChI=1S/C11H8F3NO.C9H9F3O3S.C9H8N2.C9H7NO.CH4.Na.O3S.H2.H/c12-11(13,14)7-16-10-5-1-4-9-8(10)3-2-6-15-9;1-7-2-4-8(5-3-7)16(13,14)15-6-9(10,11)12;10-8-4-1-5-9-7(8)3-2-6-11-9;11-9-5-1-4-8-7(9)3-2-6-10-8;;;1-4(2)3;;/h1-6H,7H2;2-5H,6H2,1H3;1-6H,10H2;1-6,11H;1H4;;;1H;/q;;;;;+1;;;-1. The van der Waals surface area contributed by atoms with Crippen LogP contribution in [0.4, 0.5) is 32.0 Å². The molecule has 0 amide bonds. The van der Waals surface area contributed by atoms with Crippen molar-refractivity contribution in [2.24, 2.45) is 0 Å². The second kappa shape index (κ2) is 24.6. The van der Waals surface area contributed by atoms with Gasteiger partial charge in [-0.3, -0.25) is 19.1 Å². The Morgan fingerprint density at radius 2 is 1.10 bits per heavy atom. The van der Waals surface area contributed by atoms with Crippen LogP contribution < -0.4 is 40.0 Å². The number of rotatable bonds is 5. The summed E-state index contributed by atoms with van der Waals surface area (Å²) in [6.07, 6.45) is -3.94. The molecule has 4 aromatic carbocycles. The molecule has 0 aliphatic rings. The molecule has 21 heteroatoms. The van der Waals surface area contributed by atoms with Crippen LogP contribution in [0, 0.1) is 6.92 Å². The van der Waals surface area contributed by atoms with Gasteiger partial charge in [0.25, 0.3) is 10.1 Å². The monoisotopic (exact) mass is 892 g/mol. The smallest absolute Gasteiger partial charge is 1.00 e. The largest absolute Gasteiger partial charge is 1.00 e. The number of hydrogen-bond acceptors (Lipinski definition) is 12. The number of phenolic OH excluding ortho intramolecular Hbond substituents is 1. The molecule has 0 aliphatic carbocycles. The van der Waals surface area contributed by atoms with Gasteiger partial charge in [-0.1, -0.05) is 43.3 Å². The number of anilines is 1. The van der Waals surface area contributed by atoms with E-state index in [4.69, 9.17) is 23.1 Å². The molecule has 0 aliphatic heterocycles. The van der Waals surface area contributed by atoms with Crippen LogP contribution in [-0.4, -0.2) is 66.7 Å². The van der Waals surface area contributed by atoms with Crippen LogP contribution in [0.1, 0.15) is 15.8 Å². The van der Waals surface area contributed by atoms with Gasteiger partial charge in [-0.25, -0.2) is 0 Å². The maximum atomic E-state index is 12.0. The van der Waals surface area contributed by atoms with Crippen molar-refractivity contribution < 1.29 is 93.8 Å². The third-order valence-corrected chi connectivity index (χ3v) is 8.26. The topological polar surface area (TPSA) is 189 Å². The SMILES string of the molecule is C.Cc1ccc(S(=O)(=O)OCC(F)(F)F)cc1.FC(F)(F)COc1cccc2ncccc12.Nc1cccc2ncccc12.O=S(=O)=O.Oc1cccc2ncccc12.[H-].[HH].[Na+]. The Kier molecular flexibility index (Phi) is 21.6. The maximum absolute atomic E-state index is 12.0. The van der Waals surface area contributed by atoms with Gasteiger partial charge in [0.05, 0.1) is 21.4 Å². The van der Waals surface area contributed by atoms with Gasteiger partial charge in [0.15, 0.2) is 13.2 Å². The number of nitrogen functional groups attached to an aromatic ring is 1. The van der Waals surface area contributed by atoms with Crippen molar-refractivity contribution >= 4 is 59.1 Å². The molecule has 12 nitrogen and oxygen atoms in total. The number of halogens is 6. The van der Waals surface area contributed by atoms with Gasteiger partial charge in [0, 0.05) is 41.9 Å². The summed E-state index contributed by atoms with van der Waals surface area (Å²) in [4.78, 5) is 12.0. The molecule has 0 radical (unpaired) electrons. The summed E-state index contributed by atoms with van der Waals surface area (Å²) in [7, 11) is -7.44. The number of nitrogens with zero attached hydrogens (tertiary/aromatic N) is 3. The van der Waals surface area contributed by atoms with Gasteiger partial charge >= 0.3 is 52.5 Å². The van der Waals surface area contributed by atoms with Crippen molar-refractivity contribution in [3.05, 3.63) is 139 Å². The predicted molar refractivity (Wildman–Crippen MR) is 213 cm³/mol. The van der Waals surface area contributed by atoms with Crippen LogP contribution in [-0.2, 0) is 24.9 Å². The fraction of sp³-hybridized carbons (Fsp3) is 0.154. The minimum atomic E-state index is -4.67. The van der Waals surface area contributed by atoms with E-state index in [1.54, 1.807) is 61.9 Å². The van der Waals surface area contributed by atoms with E-state index in [2.05, 4.69) is 19.1 Å². The molecule has 0 unspecified atom stereocenters. The fourth-order valence-electron chi connectivity index (χ4n) is 4.49. The van der Waals surface area contributed by atoms with Crippen molar-refractivity contribution in [1.82, 2.24) is 15.0 Å². The quantitative estimate of drug-likeness (QED) is 0.0865. The number of aromatic nitrogens is 3. The first-order valence-corrected chi connectivity index (χ1v) is 18.6. The van der Waals surface area contributed by atoms with Gasteiger partial charge in [-0.15, -0.1) is 12.6 Å². The Morgan fingerprint density at radius 3 is 1.58 bits per heavy atom. The summed E-state index contributed by atoms with van der Waals surface area (Å²) in [5.74, 6) is 0.485. The number of phenols is 1. The van der Waals surface area contributed by atoms with E-state index in [9.17, 15) is 39.9 Å². The first-order chi connectivity index (χ1) is 27.3. The number of fused-ring (bicyclic) bond motifs is 3. The average molecular weight is 893 g/mol. The summed E-state index contributed by atoms with van der Waals surface area (Å²) in [6.45, 7) is -1.38. The van der Waals surface area contributed by atoms with Gasteiger partial charge in [-0.2, -0.15) is 34.8 Å². The van der Waals surface area contributed by atoms with Gasteiger partial charge in [0.1, 0.15) is 11.5 Å². The minimum Gasteiger partial charge on any atom is -1.00 e. The number of nitrogens with two attached hydrogens (primary N) is 1. The Labute approximate surface area is 367 Å². The Bertz CT molecular complexity index is 2560. The summed E-state index contributed by atoms with van der Waals surface area (Å²) in [5.41, 5.74) is 9.70. The Balaban J connectivity index is 0. The number of benzene rings is 4. The number of aryl methyl sites for hydroxylation is 1. The predicted octanol–water partition coefficient (Wildman–Crippen LogP) is 6.19. The zero-order valence-corrected chi connectivity index (χ0v) is 34.6. The number of hydrogen-bond donors (Lipinski definition) is 2. The third kappa shape index (κ3) is 18.7. The first-order valence-electron chi connectivity index (χ1n) is 16.2. The van der Waals surface area contributed by atoms with Crippen LogP contribution in [0.25, 0.3) is 32.7 Å². The number of alkyl halides is 6. The van der Waals surface area contributed by atoms with E-state index >= 15 is 0 Å². The molecule has 0 spiro atoms. The molecular weight excluding hydrogens is 854 g/mol. The van der Waals surface area contributed by atoms with E-state index < -0.39 is 46.3 Å². The van der Waals surface area contributed by atoms with Crippen LogP contribution in [0.3, 0.4) is 0 Å². The van der Waals surface area contributed by atoms with E-state index in [0.29, 0.717) is 10.9 Å². The molecule has 3 heterocycles. The molecule has 0 atom stereocenters. The summed E-state index contributed by atoms with van der Waals surface area (Å²) in [6, 6.07) is 32.1. The minimum absolute atomic E-state index is 0. The number of ether oxygens (including phenoxy) is 1.